The van der Waals surface area contributed by atoms with Crippen LogP contribution < -0.4 is 4.90 Å². The van der Waals surface area contributed by atoms with E-state index in [1.165, 1.54) is 6.33 Å². The van der Waals surface area contributed by atoms with Crippen LogP contribution in [-0.2, 0) is 0 Å². The highest BCUT2D eigenvalue weighted by molar-refractivity contribution is 6.36. The number of anilines is 1. The van der Waals surface area contributed by atoms with Gasteiger partial charge in [-0.25, -0.2) is 14.6 Å². The molecule has 3 heterocycles. The van der Waals surface area contributed by atoms with Crippen molar-refractivity contribution in [3.63, 3.8) is 0 Å². The zero-order valence-electron chi connectivity index (χ0n) is 14.3. The maximum atomic E-state index is 12.7. The van der Waals surface area contributed by atoms with Gasteiger partial charge in [0.25, 0.3) is 5.91 Å². The van der Waals surface area contributed by atoms with Gasteiger partial charge in [0.15, 0.2) is 5.82 Å². The third-order valence-electron chi connectivity index (χ3n) is 4.43. The third-order valence-corrected chi connectivity index (χ3v) is 4.98. The summed E-state index contributed by atoms with van der Waals surface area (Å²) in [6, 6.07) is 8.66. The lowest BCUT2D eigenvalue weighted by atomic mass is 10.1. The van der Waals surface area contributed by atoms with Gasteiger partial charge < -0.3 is 9.80 Å². The molecule has 9 heteroatoms. The molecule has 0 saturated carbocycles. The predicted molar refractivity (Wildman–Crippen MR) is 104 cm³/mol. The van der Waals surface area contributed by atoms with Crippen LogP contribution in [0, 0.1) is 0 Å². The summed E-state index contributed by atoms with van der Waals surface area (Å²) < 4.78 is 1.69. The van der Waals surface area contributed by atoms with Crippen LogP contribution in [0.2, 0.25) is 10.0 Å². The summed E-state index contributed by atoms with van der Waals surface area (Å²) in [6.07, 6.45) is 5.06. The van der Waals surface area contributed by atoms with Gasteiger partial charge in [-0.1, -0.05) is 23.2 Å². The molecule has 1 saturated heterocycles. The molecule has 3 aromatic rings. The minimum absolute atomic E-state index is 0.0868. The second-order valence-electron chi connectivity index (χ2n) is 6.09. The number of carbonyl (C=O) groups is 1. The van der Waals surface area contributed by atoms with Gasteiger partial charge >= 0.3 is 0 Å². The molecule has 2 aromatic heterocycles. The van der Waals surface area contributed by atoms with E-state index in [1.807, 2.05) is 18.3 Å². The molecule has 1 aliphatic heterocycles. The largest absolute Gasteiger partial charge is 0.353 e. The van der Waals surface area contributed by atoms with Gasteiger partial charge in [0.1, 0.15) is 12.1 Å². The van der Waals surface area contributed by atoms with Crippen molar-refractivity contribution in [3.05, 3.63) is 64.7 Å². The van der Waals surface area contributed by atoms with Crippen molar-refractivity contribution < 1.29 is 4.79 Å². The second kappa shape index (κ2) is 7.54. The van der Waals surface area contributed by atoms with E-state index in [9.17, 15) is 4.79 Å². The Bertz CT molecular complexity index is 954. The number of nitrogens with zero attached hydrogens (tertiary/aromatic N) is 6. The average molecular weight is 403 g/mol. The van der Waals surface area contributed by atoms with Gasteiger partial charge in [-0.2, -0.15) is 5.10 Å². The van der Waals surface area contributed by atoms with E-state index in [2.05, 4.69) is 20.0 Å². The summed E-state index contributed by atoms with van der Waals surface area (Å²) >= 11 is 12.1. The number of aromatic nitrogens is 4. The van der Waals surface area contributed by atoms with E-state index in [4.69, 9.17) is 23.2 Å². The van der Waals surface area contributed by atoms with E-state index >= 15 is 0 Å². The van der Waals surface area contributed by atoms with Gasteiger partial charge in [-0.15, -0.1) is 0 Å². The summed E-state index contributed by atoms with van der Waals surface area (Å²) in [6.45, 7) is 2.51. The topological polar surface area (TPSA) is 67.2 Å². The highest BCUT2D eigenvalue weighted by Gasteiger charge is 2.24. The molecule has 1 amide bonds. The fraction of sp³-hybridized carbons (Fsp3) is 0.222. The molecule has 1 fully saturated rings. The molecule has 1 aromatic carbocycles. The van der Waals surface area contributed by atoms with Crippen molar-refractivity contribution in [2.75, 3.05) is 31.1 Å². The minimum atomic E-state index is -0.0868. The van der Waals surface area contributed by atoms with E-state index in [0.717, 1.165) is 5.82 Å². The first kappa shape index (κ1) is 17.8. The Morgan fingerprint density at radius 2 is 1.78 bits per heavy atom. The van der Waals surface area contributed by atoms with E-state index < -0.39 is 0 Å². The Morgan fingerprint density at radius 1 is 1.00 bits per heavy atom. The zero-order chi connectivity index (χ0) is 18.8. The van der Waals surface area contributed by atoms with E-state index in [1.54, 1.807) is 34.0 Å². The standard InChI is InChI=1S/C18H16Cl2N6O/c19-13-2-3-14(15(20)10-13)18(27)25-8-6-24(7-9-25)16-11-17(22-12-21-16)26-5-1-4-23-26/h1-5,10-12H,6-9H2. The fourth-order valence-corrected chi connectivity index (χ4v) is 3.50. The molecular formula is C18H16Cl2N6O. The van der Waals surface area contributed by atoms with Gasteiger partial charge in [-0.05, 0) is 24.3 Å². The van der Waals surface area contributed by atoms with Crippen molar-refractivity contribution in [2.45, 2.75) is 0 Å². The molecule has 7 nitrogen and oxygen atoms in total. The molecule has 27 heavy (non-hydrogen) atoms. The smallest absolute Gasteiger partial charge is 0.255 e. The third kappa shape index (κ3) is 3.74. The first-order valence-corrected chi connectivity index (χ1v) is 9.19. The molecule has 1 aliphatic rings. The van der Waals surface area contributed by atoms with Gasteiger partial charge in [0.05, 0.1) is 10.6 Å². The fourth-order valence-electron chi connectivity index (χ4n) is 3.01. The summed E-state index contributed by atoms with van der Waals surface area (Å²) in [4.78, 5) is 25.3. The maximum Gasteiger partial charge on any atom is 0.255 e. The number of rotatable bonds is 3. The monoisotopic (exact) mass is 402 g/mol. The lowest BCUT2D eigenvalue weighted by Gasteiger charge is -2.35. The number of piperazine rings is 1. The maximum absolute atomic E-state index is 12.7. The van der Waals surface area contributed by atoms with Gasteiger partial charge in [0, 0.05) is 49.7 Å². The number of halogens is 2. The molecule has 0 unspecified atom stereocenters. The lowest BCUT2D eigenvalue weighted by Crippen LogP contribution is -2.49. The first-order valence-electron chi connectivity index (χ1n) is 8.43. The predicted octanol–water partition coefficient (Wildman–Crippen LogP) is 2.93. The van der Waals surface area contributed by atoms with Crippen molar-refractivity contribution in [2.24, 2.45) is 0 Å². The van der Waals surface area contributed by atoms with Crippen LogP contribution in [0.4, 0.5) is 5.82 Å². The summed E-state index contributed by atoms with van der Waals surface area (Å²) in [7, 11) is 0. The molecule has 0 aliphatic carbocycles. The molecule has 138 valence electrons. The van der Waals surface area contributed by atoms with Crippen molar-refractivity contribution in [1.82, 2.24) is 24.6 Å². The van der Waals surface area contributed by atoms with Crippen LogP contribution in [-0.4, -0.2) is 56.7 Å². The normalized spacial score (nSPS) is 14.4. The van der Waals surface area contributed by atoms with Crippen molar-refractivity contribution in [1.29, 1.82) is 0 Å². The van der Waals surface area contributed by atoms with Gasteiger partial charge in [-0.3, -0.25) is 4.79 Å². The Kier molecular flexibility index (Phi) is 4.96. The SMILES string of the molecule is O=C(c1ccc(Cl)cc1Cl)N1CCN(c2cc(-n3cccn3)ncn2)CC1. The Morgan fingerprint density at radius 3 is 2.48 bits per heavy atom. The lowest BCUT2D eigenvalue weighted by molar-refractivity contribution is 0.0746. The van der Waals surface area contributed by atoms with Crippen molar-refractivity contribution >= 4 is 34.9 Å². The molecule has 0 spiro atoms. The van der Waals surface area contributed by atoms with Crippen molar-refractivity contribution in [3.8, 4) is 5.82 Å². The van der Waals surface area contributed by atoms with Crippen LogP contribution in [0.1, 0.15) is 10.4 Å². The highest BCUT2D eigenvalue weighted by atomic mass is 35.5. The summed E-state index contributed by atoms with van der Waals surface area (Å²) in [5, 5.41) is 5.07. The van der Waals surface area contributed by atoms with E-state index in [0.29, 0.717) is 47.6 Å². The minimum Gasteiger partial charge on any atom is -0.353 e. The average Bonchev–Trinajstić information content (AvgIpc) is 3.23. The Hall–Kier alpha value is -2.64. The molecule has 0 radical (unpaired) electrons. The zero-order valence-corrected chi connectivity index (χ0v) is 15.8. The van der Waals surface area contributed by atoms with Gasteiger partial charge in [0.2, 0.25) is 0 Å². The van der Waals surface area contributed by atoms with Crippen LogP contribution in [0.15, 0.2) is 49.1 Å². The van der Waals surface area contributed by atoms with Crippen LogP contribution in [0.25, 0.3) is 5.82 Å². The number of amides is 1. The van der Waals surface area contributed by atoms with Crippen LogP contribution in [0.5, 0.6) is 0 Å². The molecule has 4 rings (SSSR count). The first-order chi connectivity index (χ1) is 13.1. The number of benzene rings is 1. The highest BCUT2D eigenvalue weighted by Crippen LogP contribution is 2.23. The summed E-state index contributed by atoms with van der Waals surface area (Å²) in [5.41, 5.74) is 0.470. The summed E-state index contributed by atoms with van der Waals surface area (Å²) in [5.74, 6) is 1.43. The Balaban J connectivity index is 1.45. The van der Waals surface area contributed by atoms with Crippen LogP contribution >= 0.6 is 23.2 Å². The quantitative estimate of drug-likeness (QED) is 0.673. The number of carbonyl (C=O) groups excluding carboxylic acids is 1. The molecule has 0 atom stereocenters. The molecule has 0 bridgehead atoms. The molecule has 0 N–H and O–H groups in total. The number of hydrogen-bond donors (Lipinski definition) is 0. The Labute approximate surface area is 166 Å². The molecular weight excluding hydrogens is 387 g/mol. The van der Waals surface area contributed by atoms with Crippen LogP contribution in [0.3, 0.4) is 0 Å². The van der Waals surface area contributed by atoms with E-state index in [-0.39, 0.29) is 5.91 Å². The second-order valence-corrected chi connectivity index (χ2v) is 6.93. The number of hydrogen-bond acceptors (Lipinski definition) is 5.